The topological polar surface area (TPSA) is 113 Å². The van der Waals surface area contributed by atoms with E-state index in [9.17, 15) is 4.79 Å². The first-order valence-corrected chi connectivity index (χ1v) is 10.6. The second kappa shape index (κ2) is 7.86. The van der Waals surface area contributed by atoms with E-state index in [1.54, 1.807) is 28.6 Å². The summed E-state index contributed by atoms with van der Waals surface area (Å²) in [6.45, 7) is 7.05. The molecule has 4 aromatic heterocycles. The Kier molecular flexibility index (Phi) is 5.01. The quantitative estimate of drug-likeness (QED) is 0.520. The van der Waals surface area contributed by atoms with Gasteiger partial charge in [-0.15, -0.1) is 0 Å². The third-order valence-electron chi connectivity index (χ3n) is 6.04. The molecule has 32 heavy (non-hydrogen) atoms. The lowest BCUT2D eigenvalue weighted by Crippen LogP contribution is -2.30. The van der Waals surface area contributed by atoms with Crippen molar-refractivity contribution < 1.29 is 9.26 Å². The number of hydrogen-bond donors (Lipinski definition) is 1. The summed E-state index contributed by atoms with van der Waals surface area (Å²) in [5, 5.41) is 7.26. The summed E-state index contributed by atoms with van der Waals surface area (Å²) in [7, 11) is 1.75. The number of rotatable bonds is 4. The number of pyridine rings is 1. The van der Waals surface area contributed by atoms with E-state index < -0.39 is 0 Å². The predicted octanol–water partition coefficient (Wildman–Crippen LogP) is 3.20. The zero-order valence-corrected chi connectivity index (χ0v) is 18.5. The number of ether oxygens (including phenoxy) is 1. The third-order valence-corrected chi connectivity index (χ3v) is 6.04. The van der Waals surface area contributed by atoms with E-state index in [-0.39, 0.29) is 11.7 Å². The molecule has 0 aromatic carbocycles. The standard InChI is InChI=1S/C22H25N7O3/c1-12-9-16(19-13(2)27-32-14(19)3)23-10-17(12)25-21-24-11-18-20(26-21)29(22(30)28(18)4)15-5-7-31-8-6-15/h9-11,15H,5-8H2,1-4H3,(H,24,25,26). The number of imidazole rings is 1. The van der Waals surface area contributed by atoms with Crippen molar-refractivity contribution in [2.24, 2.45) is 7.05 Å². The molecule has 0 atom stereocenters. The molecule has 5 rings (SSSR count). The molecule has 10 heteroatoms. The van der Waals surface area contributed by atoms with Crippen LogP contribution in [0.15, 0.2) is 27.8 Å². The Bertz CT molecular complexity index is 1340. The lowest BCUT2D eigenvalue weighted by atomic mass is 10.1. The van der Waals surface area contributed by atoms with E-state index in [1.165, 1.54) is 0 Å². The SMILES string of the molecule is Cc1cc(-c2c(C)noc2C)ncc1Nc1ncc2c(n1)n(C1CCOCC1)c(=O)n2C. The number of anilines is 2. The van der Waals surface area contributed by atoms with Crippen LogP contribution in [0.1, 0.15) is 35.9 Å². The van der Waals surface area contributed by atoms with Crippen LogP contribution in [-0.4, -0.2) is 42.5 Å². The first-order chi connectivity index (χ1) is 15.4. The molecule has 0 spiro atoms. The van der Waals surface area contributed by atoms with Crippen molar-refractivity contribution >= 4 is 22.8 Å². The minimum absolute atomic E-state index is 0.0698. The van der Waals surface area contributed by atoms with Crippen LogP contribution in [0.2, 0.25) is 0 Å². The molecule has 5 heterocycles. The monoisotopic (exact) mass is 435 g/mol. The lowest BCUT2D eigenvalue weighted by Gasteiger charge is -2.22. The van der Waals surface area contributed by atoms with Crippen LogP contribution in [0, 0.1) is 20.8 Å². The van der Waals surface area contributed by atoms with Crippen LogP contribution in [0.5, 0.6) is 0 Å². The summed E-state index contributed by atoms with van der Waals surface area (Å²) in [6.07, 6.45) is 5.01. The van der Waals surface area contributed by atoms with Crippen molar-refractivity contribution in [1.29, 1.82) is 0 Å². The Morgan fingerprint density at radius 3 is 2.59 bits per heavy atom. The van der Waals surface area contributed by atoms with Crippen molar-refractivity contribution in [2.75, 3.05) is 18.5 Å². The summed E-state index contributed by atoms with van der Waals surface area (Å²) in [6, 6.07) is 2.05. The van der Waals surface area contributed by atoms with Crippen molar-refractivity contribution in [3.05, 3.63) is 46.0 Å². The van der Waals surface area contributed by atoms with Crippen LogP contribution >= 0.6 is 0 Å². The van der Waals surface area contributed by atoms with Crippen LogP contribution in [-0.2, 0) is 11.8 Å². The third kappa shape index (κ3) is 3.36. The van der Waals surface area contributed by atoms with Gasteiger partial charge in [0.2, 0.25) is 5.95 Å². The number of nitrogens with zero attached hydrogens (tertiary/aromatic N) is 6. The molecule has 0 amide bonds. The molecule has 1 fully saturated rings. The van der Waals surface area contributed by atoms with Gasteiger partial charge in [-0.2, -0.15) is 4.98 Å². The van der Waals surface area contributed by atoms with Crippen molar-refractivity contribution in [2.45, 2.75) is 39.7 Å². The summed E-state index contributed by atoms with van der Waals surface area (Å²) in [4.78, 5) is 26.6. The fourth-order valence-electron chi connectivity index (χ4n) is 4.26. The average molecular weight is 435 g/mol. The van der Waals surface area contributed by atoms with Gasteiger partial charge in [0.1, 0.15) is 11.3 Å². The van der Waals surface area contributed by atoms with Crippen molar-refractivity contribution in [3.63, 3.8) is 0 Å². The van der Waals surface area contributed by atoms with Crippen LogP contribution < -0.4 is 11.0 Å². The number of fused-ring (bicyclic) bond motifs is 1. The molecule has 166 valence electrons. The number of nitrogens with one attached hydrogen (secondary N) is 1. The Morgan fingerprint density at radius 1 is 1.12 bits per heavy atom. The maximum Gasteiger partial charge on any atom is 0.330 e. The first kappa shape index (κ1) is 20.4. The Labute approximate surface area is 184 Å². The molecular weight excluding hydrogens is 410 g/mol. The van der Waals surface area contributed by atoms with E-state index in [0.717, 1.165) is 46.8 Å². The van der Waals surface area contributed by atoms with E-state index in [0.29, 0.717) is 30.3 Å². The molecule has 1 aliphatic rings. The largest absolute Gasteiger partial charge is 0.381 e. The highest BCUT2D eigenvalue weighted by Gasteiger charge is 2.23. The number of hydrogen-bond acceptors (Lipinski definition) is 8. The van der Waals surface area contributed by atoms with E-state index >= 15 is 0 Å². The molecule has 0 radical (unpaired) electrons. The summed E-state index contributed by atoms with van der Waals surface area (Å²) >= 11 is 0. The normalized spacial score (nSPS) is 14.9. The Balaban J connectivity index is 1.50. The number of aryl methyl sites for hydroxylation is 4. The first-order valence-electron chi connectivity index (χ1n) is 10.6. The van der Waals surface area contributed by atoms with Gasteiger partial charge in [-0.3, -0.25) is 14.1 Å². The highest BCUT2D eigenvalue weighted by molar-refractivity contribution is 5.74. The van der Waals surface area contributed by atoms with Gasteiger partial charge in [0.05, 0.1) is 35.0 Å². The molecule has 0 unspecified atom stereocenters. The van der Waals surface area contributed by atoms with Gasteiger partial charge in [-0.05, 0) is 45.2 Å². The maximum atomic E-state index is 12.9. The molecule has 1 aliphatic heterocycles. The second-order valence-electron chi connectivity index (χ2n) is 8.17. The molecule has 4 aromatic rings. The molecule has 1 N–H and O–H groups in total. The van der Waals surface area contributed by atoms with Crippen molar-refractivity contribution in [3.8, 4) is 11.3 Å². The fourth-order valence-corrected chi connectivity index (χ4v) is 4.26. The van der Waals surface area contributed by atoms with E-state index in [4.69, 9.17) is 14.2 Å². The molecule has 10 nitrogen and oxygen atoms in total. The molecule has 1 saturated heterocycles. The summed E-state index contributed by atoms with van der Waals surface area (Å²) < 4.78 is 14.1. The Hall–Kier alpha value is -3.53. The predicted molar refractivity (Wildman–Crippen MR) is 119 cm³/mol. The minimum atomic E-state index is -0.0833. The van der Waals surface area contributed by atoms with Gasteiger partial charge in [0.15, 0.2) is 5.65 Å². The summed E-state index contributed by atoms with van der Waals surface area (Å²) in [5.74, 6) is 1.15. The zero-order valence-electron chi connectivity index (χ0n) is 18.5. The van der Waals surface area contributed by atoms with E-state index in [1.807, 2.05) is 26.8 Å². The molecule has 0 aliphatic carbocycles. The van der Waals surface area contributed by atoms with Gasteiger partial charge in [-0.25, -0.2) is 9.78 Å². The van der Waals surface area contributed by atoms with Crippen LogP contribution in [0.3, 0.4) is 0 Å². The molecular formula is C22H25N7O3. The zero-order chi connectivity index (χ0) is 22.4. The second-order valence-corrected chi connectivity index (χ2v) is 8.17. The van der Waals surface area contributed by atoms with Gasteiger partial charge >= 0.3 is 5.69 Å². The smallest absolute Gasteiger partial charge is 0.330 e. The van der Waals surface area contributed by atoms with E-state index in [2.05, 4.69) is 20.4 Å². The molecule has 0 bridgehead atoms. The van der Waals surface area contributed by atoms with Crippen molar-refractivity contribution in [1.82, 2.24) is 29.2 Å². The Morgan fingerprint density at radius 2 is 1.91 bits per heavy atom. The van der Waals surface area contributed by atoms with Gasteiger partial charge in [0.25, 0.3) is 0 Å². The minimum Gasteiger partial charge on any atom is -0.381 e. The average Bonchev–Trinajstić information content (AvgIpc) is 3.25. The summed E-state index contributed by atoms with van der Waals surface area (Å²) in [5.41, 5.74) is 5.53. The van der Waals surface area contributed by atoms with Crippen LogP contribution in [0.25, 0.3) is 22.4 Å². The number of aromatic nitrogens is 6. The van der Waals surface area contributed by atoms with Gasteiger partial charge < -0.3 is 14.6 Å². The molecule has 0 saturated carbocycles. The maximum absolute atomic E-state index is 12.9. The van der Waals surface area contributed by atoms with Gasteiger partial charge in [-0.1, -0.05) is 5.16 Å². The van der Waals surface area contributed by atoms with Gasteiger partial charge in [0, 0.05) is 26.3 Å². The van der Waals surface area contributed by atoms with Crippen LogP contribution in [0.4, 0.5) is 11.6 Å². The fraction of sp³-hybridized carbons (Fsp3) is 0.409. The lowest BCUT2D eigenvalue weighted by molar-refractivity contribution is 0.0695. The highest BCUT2D eigenvalue weighted by atomic mass is 16.5. The highest BCUT2D eigenvalue weighted by Crippen LogP contribution is 2.29.